The molecule has 1 amide bonds. The molecule has 0 saturated heterocycles. The summed E-state index contributed by atoms with van der Waals surface area (Å²) >= 11 is 0. The standard InChI is InChI=1S/C15H20N4O/c1-4-19(5-2)14-8-6-13(7-9-14)17-15(20)12-10-16-18(3)11-12/h6-11H,4-5H2,1-3H3,(H,17,20). The highest BCUT2D eigenvalue weighted by atomic mass is 16.1. The molecule has 106 valence electrons. The quantitative estimate of drug-likeness (QED) is 0.910. The lowest BCUT2D eigenvalue weighted by atomic mass is 10.2. The van der Waals surface area contributed by atoms with Gasteiger partial charge in [0.1, 0.15) is 0 Å². The summed E-state index contributed by atoms with van der Waals surface area (Å²) in [5.74, 6) is -0.145. The predicted molar refractivity (Wildman–Crippen MR) is 81.2 cm³/mol. The molecule has 0 bridgehead atoms. The summed E-state index contributed by atoms with van der Waals surface area (Å²) in [7, 11) is 1.79. The van der Waals surface area contributed by atoms with Gasteiger partial charge in [-0.1, -0.05) is 0 Å². The maximum Gasteiger partial charge on any atom is 0.258 e. The molecule has 5 nitrogen and oxygen atoms in total. The van der Waals surface area contributed by atoms with Crippen molar-refractivity contribution in [3.05, 3.63) is 42.2 Å². The lowest BCUT2D eigenvalue weighted by molar-refractivity contribution is 0.102. The van der Waals surface area contributed by atoms with Gasteiger partial charge >= 0.3 is 0 Å². The zero-order valence-electron chi connectivity index (χ0n) is 12.1. The molecule has 1 N–H and O–H groups in total. The molecule has 0 saturated carbocycles. The van der Waals surface area contributed by atoms with Crippen LogP contribution in [-0.4, -0.2) is 28.8 Å². The van der Waals surface area contributed by atoms with E-state index in [2.05, 4.69) is 29.2 Å². The van der Waals surface area contributed by atoms with Crippen LogP contribution in [0.1, 0.15) is 24.2 Å². The van der Waals surface area contributed by atoms with Crippen LogP contribution in [-0.2, 0) is 7.05 Å². The third kappa shape index (κ3) is 3.17. The summed E-state index contributed by atoms with van der Waals surface area (Å²) in [5.41, 5.74) is 2.50. The van der Waals surface area contributed by atoms with E-state index in [9.17, 15) is 4.79 Å². The summed E-state index contributed by atoms with van der Waals surface area (Å²) in [6, 6.07) is 7.88. The fourth-order valence-electron chi connectivity index (χ4n) is 2.09. The third-order valence-corrected chi connectivity index (χ3v) is 3.22. The fourth-order valence-corrected chi connectivity index (χ4v) is 2.09. The van der Waals surface area contributed by atoms with Crippen molar-refractivity contribution in [3.63, 3.8) is 0 Å². The van der Waals surface area contributed by atoms with Gasteiger partial charge < -0.3 is 10.2 Å². The Balaban J connectivity index is 2.05. The molecule has 0 spiro atoms. The first-order chi connectivity index (χ1) is 9.63. The van der Waals surface area contributed by atoms with Crippen LogP contribution < -0.4 is 10.2 Å². The monoisotopic (exact) mass is 272 g/mol. The number of hydrogen-bond acceptors (Lipinski definition) is 3. The molecule has 0 aliphatic heterocycles. The second-order valence-electron chi connectivity index (χ2n) is 4.58. The Hall–Kier alpha value is -2.30. The first kappa shape index (κ1) is 14.1. The summed E-state index contributed by atoms with van der Waals surface area (Å²) < 4.78 is 1.61. The first-order valence-electron chi connectivity index (χ1n) is 6.79. The molecule has 0 atom stereocenters. The van der Waals surface area contributed by atoms with E-state index in [4.69, 9.17) is 0 Å². The molecule has 1 aromatic heterocycles. The third-order valence-electron chi connectivity index (χ3n) is 3.22. The molecule has 2 aromatic rings. The number of carbonyl (C=O) groups is 1. The van der Waals surface area contributed by atoms with Gasteiger partial charge in [0.2, 0.25) is 0 Å². The number of rotatable bonds is 5. The molecule has 1 aromatic carbocycles. The van der Waals surface area contributed by atoms with E-state index in [-0.39, 0.29) is 5.91 Å². The van der Waals surface area contributed by atoms with Gasteiger partial charge in [0.05, 0.1) is 11.8 Å². The maximum absolute atomic E-state index is 12.0. The van der Waals surface area contributed by atoms with Crippen molar-refractivity contribution in [1.82, 2.24) is 9.78 Å². The van der Waals surface area contributed by atoms with Gasteiger partial charge in [0.15, 0.2) is 0 Å². The first-order valence-corrected chi connectivity index (χ1v) is 6.79. The van der Waals surface area contributed by atoms with Gasteiger partial charge in [-0.2, -0.15) is 5.10 Å². The van der Waals surface area contributed by atoms with Crippen molar-refractivity contribution in [1.29, 1.82) is 0 Å². The van der Waals surface area contributed by atoms with E-state index in [1.165, 1.54) is 0 Å². The molecule has 2 rings (SSSR count). The van der Waals surface area contributed by atoms with E-state index >= 15 is 0 Å². The average Bonchev–Trinajstić information content (AvgIpc) is 2.89. The zero-order chi connectivity index (χ0) is 14.5. The van der Waals surface area contributed by atoms with E-state index in [0.29, 0.717) is 5.56 Å². The van der Waals surface area contributed by atoms with Crippen molar-refractivity contribution in [2.75, 3.05) is 23.3 Å². The van der Waals surface area contributed by atoms with Crippen LogP contribution in [0.4, 0.5) is 11.4 Å². The summed E-state index contributed by atoms with van der Waals surface area (Å²) in [6.07, 6.45) is 3.25. The minimum atomic E-state index is -0.145. The van der Waals surface area contributed by atoms with Crippen molar-refractivity contribution in [2.24, 2.45) is 7.05 Å². The molecule has 0 aliphatic rings. The lowest BCUT2D eigenvalue weighted by Gasteiger charge is -2.21. The Morgan fingerprint density at radius 2 is 1.90 bits per heavy atom. The number of aromatic nitrogens is 2. The minimum absolute atomic E-state index is 0.145. The SMILES string of the molecule is CCN(CC)c1ccc(NC(=O)c2cnn(C)c2)cc1. The van der Waals surface area contributed by atoms with E-state index in [1.807, 2.05) is 24.3 Å². The highest BCUT2D eigenvalue weighted by molar-refractivity contribution is 6.03. The van der Waals surface area contributed by atoms with Gasteiger partial charge in [-0.25, -0.2) is 0 Å². The van der Waals surface area contributed by atoms with E-state index in [1.54, 1.807) is 24.1 Å². The Bertz CT molecular complexity index is 570. The smallest absolute Gasteiger partial charge is 0.258 e. The Kier molecular flexibility index (Phi) is 4.40. The van der Waals surface area contributed by atoms with Gasteiger partial charge in [0.25, 0.3) is 5.91 Å². The van der Waals surface area contributed by atoms with Crippen molar-refractivity contribution >= 4 is 17.3 Å². The maximum atomic E-state index is 12.0. The molecule has 0 radical (unpaired) electrons. The highest BCUT2D eigenvalue weighted by Gasteiger charge is 2.08. The Morgan fingerprint density at radius 1 is 1.25 bits per heavy atom. The number of anilines is 2. The number of aryl methyl sites for hydroxylation is 1. The zero-order valence-corrected chi connectivity index (χ0v) is 12.1. The summed E-state index contributed by atoms with van der Waals surface area (Å²) in [5, 5.41) is 6.85. The van der Waals surface area contributed by atoms with Crippen LogP contribution >= 0.6 is 0 Å². The largest absolute Gasteiger partial charge is 0.372 e. The van der Waals surface area contributed by atoms with Crippen molar-refractivity contribution in [2.45, 2.75) is 13.8 Å². The number of amides is 1. The number of nitrogens with zero attached hydrogens (tertiary/aromatic N) is 3. The lowest BCUT2D eigenvalue weighted by Crippen LogP contribution is -2.21. The van der Waals surface area contributed by atoms with Gasteiger partial charge in [-0.05, 0) is 38.1 Å². The molecule has 5 heteroatoms. The normalized spacial score (nSPS) is 10.3. The summed E-state index contributed by atoms with van der Waals surface area (Å²) in [4.78, 5) is 14.2. The van der Waals surface area contributed by atoms with Crippen LogP contribution in [0.3, 0.4) is 0 Å². The minimum Gasteiger partial charge on any atom is -0.372 e. The molecule has 20 heavy (non-hydrogen) atoms. The predicted octanol–water partition coefficient (Wildman–Crippen LogP) is 2.52. The Labute approximate surface area is 119 Å². The number of benzene rings is 1. The number of hydrogen-bond donors (Lipinski definition) is 1. The van der Waals surface area contributed by atoms with Crippen LogP contribution in [0, 0.1) is 0 Å². The molecular weight excluding hydrogens is 252 g/mol. The molecule has 0 unspecified atom stereocenters. The topological polar surface area (TPSA) is 50.2 Å². The van der Waals surface area contributed by atoms with Gasteiger partial charge in [0, 0.05) is 37.7 Å². The van der Waals surface area contributed by atoms with Crippen LogP contribution in [0.5, 0.6) is 0 Å². The second kappa shape index (κ2) is 6.23. The van der Waals surface area contributed by atoms with E-state index < -0.39 is 0 Å². The molecule has 0 aliphatic carbocycles. The van der Waals surface area contributed by atoms with Gasteiger partial charge in [-0.3, -0.25) is 9.48 Å². The van der Waals surface area contributed by atoms with Crippen LogP contribution in [0.15, 0.2) is 36.7 Å². The molecule has 0 fully saturated rings. The summed E-state index contributed by atoms with van der Waals surface area (Å²) in [6.45, 7) is 6.19. The molecular formula is C15H20N4O. The second-order valence-corrected chi connectivity index (χ2v) is 4.58. The highest BCUT2D eigenvalue weighted by Crippen LogP contribution is 2.18. The van der Waals surface area contributed by atoms with Crippen molar-refractivity contribution in [3.8, 4) is 0 Å². The van der Waals surface area contributed by atoms with Crippen molar-refractivity contribution < 1.29 is 4.79 Å². The average molecular weight is 272 g/mol. The van der Waals surface area contributed by atoms with Crippen LogP contribution in [0.25, 0.3) is 0 Å². The molecule has 1 heterocycles. The number of nitrogens with one attached hydrogen (secondary N) is 1. The fraction of sp³-hybridized carbons (Fsp3) is 0.333. The van der Waals surface area contributed by atoms with E-state index in [0.717, 1.165) is 24.5 Å². The number of carbonyl (C=O) groups excluding carboxylic acids is 1. The Morgan fingerprint density at radius 3 is 2.40 bits per heavy atom. The van der Waals surface area contributed by atoms with Gasteiger partial charge in [-0.15, -0.1) is 0 Å². The van der Waals surface area contributed by atoms with Crippen LogP contribution in [0.2, 0.25) is 0 Å².